The highest BCUT2D eigenvalue weighted by atomic mass is 19.1. The lowest BCUT2D eigenvalue weighted by Gasteiger charge is -2.02. The molecule has 1 heterocycles. The topological polar surface area (TPSA) is 46.9 Å². The summed E-state index contributed by atoms with van der Waals surface area (Å²) in [4.78, 5) is 11.7. The maximum absolute atomic E-state index is 12.7. The van der Waals surface area contributed by atoms with E-state index in [-0.39, 0.29) is 18.1 Å². The van der Waals surface area contributed by atoms with E-state index in [0.717, 1.165) is 12.1 Å². The number of hydrogen-bond donors (Lipinski definition) is 1. The van der Waals surface area contributed by atoms with Gasteiger partial charge >= 0.3 is 0 Å². The van der Waals surface area contributed by atoms with Crippen molar-refractivity contribution in [2.75, 3.05) is 5.32 Å². The van der Waals surface area contributed by atoms with Crippen molar-refractivity contribution in [1.82, 2.24) is 9.78 Å². The first kappa shape index (κ1) is 12.3. The smallest absolute Gasteiger partial charge is 0.229 e. The van der Waals surface area contributed by atoms with Crippen LogP contribution >= 0.6 is 0 Å². The van der Waals surface area contributed by atoms with Gasteiger partial charge in [0.15, 0.2) is 5.82 Å². The average Bonchev–Trinajstić information content (AvgIpc) is 2.79. The molecule has 0 fully saturated rings. The van der Waals surface area contributed by atoms with E-state index < -0.39 is 0 Å². The van der Waals surface area contributed by atoms with Crippen LogP contribution in [0.25, 0.3) is 0 Å². The Bertz CT molecular complexity index is 533. The lowest BCUT2D eigenvalue weighted by Crippen LogP contribution is -2.15. The van der Waals surface area contributed by atoms with Crippen LogP contribution in [0.2, 0.25) is 0 Å². The van der Waals surface area contributed by atoms with Crippen LogP contribution in [0.5, 0.6) is 0 Å². The van der Waals surface area contributed by atoms with Gasteiger partial charge in [-0.3, -0.25) is 9.48 Å². The molecule has 0 aliphatic heterocycles. The fourth-order valence-corrected chi connectivity index (χ4v) is 1.58. The number of halogens is 1. The Labute approximate surface area is 104 Å². The van der Waals surface area contributed by atoms with Crippen molar-refractivity contribution in [3.05, 3.63) is 47.9 Å². The molecule has 0 bridgehead atoms. The van der Waals surface area contributed by atoms with Gasteiger partial charge in [0.05, 0.1) is 6.42 Å². The van der Waals surface area contributed by atoms with Crippen LogP contribution in [0.4, 0.5) is 10.2 Å². The molecule has 94 valence electrons. The number of nitrogens with zero attached hydrogens (tertiary/aromatic N) is 2. The lowest BCUT2D eigenvalue weighted by atomic mass is 10.1. The number of rotatable bonds is 4. The van der Waals surface area contributed by atoms with Crippen molar-refractivity contribution < 1.29 is 9.18 Å². The summed E-state index contributed by atoms with van der Waals surface area (Å²) in [6, 6.07) is 7.62. The number of carbonyl (C=O) groups excluding carboxylic acids is 1. The van der Waals surface area contributed by atoms with Crippen molar-refractivity contribution in [3.63, 3.8) is 0 Å². The standard InChI is InChI=1S/C13H14FN3O/c1-2-17-8-7-12(16-17)15-13(18)9-10-3-5-11(14)6-4-10/h3-8H,2,9H2,1H3,(H,15,16,18). The quantitative estimate of drug-likeness (QED) is 0.900. The summed E-state index contributed by atoms with van der Waals surface area (Å²) in [5, 5.41) is 6.84. The van der Waals surface area contributed by atoms with Crippen molar-refractivity contribution in [2.45, 2.75) is 19.9 Å². The summed E-state index contributed by atoms with van der Waals surface area (Å²) in [6.07, 6.45) is 2.01. The van der Waals surface area contributed by atoms with Gasteiger partial charge in [-0.1, -0.05) is 12.1 Å². The van der Waals surface area contributed by atoms with Crippen LogP contribution in [0.3, 0.4) is 0 Å². The minimum Gasteiger partial charge on any atom is -0.309 e. The number of benzene rings is 1. The van der Waals surface area contributed by atoms with Gasteiger partial charge in [0.2, 0.25) is 5.91 Å². The Morgan fingerprint density at radius 1 is 1.33 bits per heavy atom. The number of amides is 1. The molecule has 0 spiro atoms. The van der Waals surface area contributed by atoms with E-state index >= 15 is 0 Å². The van der Waals surface area contributed by atoms with E-state index in [1.807, 2.05) is 6.92 Å². The molecule has 0 saturated carbocycles. The molecule has 1 aromatic heterocycles. The van der Waals surface area contributed by atoms with Crippen molar-refractivity contribution in [3.8, 4) is 0 Å². The van der Waals surface area contributed by atoms with Gasteiger partial charge in [-0.2, -0.15) is 5.10 Å². The summed E-state index contributed by atoms with van der Waals surface area (Å²) >= 11 is 0. The van der Waals surface area contributed by atoms with Crippen LogP contribution in [0.1, 0.15) is 12.5 Å². The van der Waals surface area contributed by atoms with Crippen LogP contribution in [-0.4, -0.2) is 15.7 Å². The highest BCUT2D eigenvalue weighted by molar-refractivity contribution is 5.91. The largest absolute Gasteiger partial charge is 0.309 e. The van der Waals surface area contributed by atoms with Crippen molar-refractivity contribution in [1.29, 1.82) is 0 Å². The number of aromatic nitrogens is 2. The molecule has 4 nitrogen and oxygen atoms in total. The molecule has 0 aliphatic rings. The highest BCUT2D eigenvalue weighted by Gasteiger charge is 2.06. The van der Waals surface area contributed by atoms with Crippen LogP contribution < -0.4 is 5.32 Å². The first-order valence-corrected chi connectivity index (χ1v) is 5.75. The molecule has 0 saturated heterocycles. The summed E-state index contributed by atoms with van der Waals surface area (Å²) in [6.45, 7) is 2.73. The number of anilines is 1. The van der Waals surface area contributed by atoms with E-state index in [1.54, 1.807) is 29.1 Å². The molecule has 0 atom stereocenters. The Kier molecular flexibility index (Phi) is 3.72. The second kappa shape index (κ2) is 5.44. The van der Waals surface area contributed by atoms with Gasteiger partial charge in [0.25, 0.3) is 0 Å². The van der Waals surface area contributed by atoms with Gasteiger partial charge in [-0.05, 0) is 24.6 Å². The fourth-order valence-electron chi connectivity index (χ4n) is 1.58. The molecular weight excluding hydrogens is 233 g/mol. The van der Waals surface area contributed by atoms with Crippen LogP contribution in [0.15, 0.2) is 36.5 Å². The van der Waals surface area contributed by atoms with Crippen molar-refractivity contribution in [2.24, 2.45) is 0 Å². The van der Waals surface area contributed by atoms with E-state index in [0.29, 0.717) is 5.82 Å². The van der Waals surface area contributed by atoms with Crippen LogP contribution in [0, 0.1) is 5.82 Å². The summed E-state index contributed by atoms with van der Waals surface area (Å²) in [5.41, 5.74) is 0.767. The van der Waals surface area contributed by atoms with E-state index in [9.17, 15) is 9.18 Å². The average molecular weight is 247 g/mol. The monoisotopic (exact) mass is 247 g/mol. The molecule has 18 heavy (non-hydrogen) atoms. The third-order valence-electron chi connectivity index (χ3n) is 2.51. The van der Waals surface area contributed by atoms with Gasteiger partial charge in [0, 0.05) is 18.8 Å². The molecule has 1 aromatic carbocycles. The lowest BCUT2D eigenvalue weighted by molar-refractivity contribution is -0.115. The van der Waals surface area contributed by atoms with E-state index in [2.05, 4.69) is 10.4 Å². The zero-order chi connectivity index (χ0) is 13.0. The van der Waals surface area contributed by atoms with Crippen LogP contribution in [-0.2, 0) is 17.8 Å². The summed E-state index contributed by atoms with van der Waals surface area (Å²) in [7, 11) is 0. The van der Waals surface area contributed by atoms with E-state index in [4.69, 9.17) is 0 Å². The zero-order valence-corrected chi connectivity index (χ0v) is 10.1. The first-order valence-electron chi connectivity index (χ1n) is 5.75. The van der Waals surface area contributed by atoms with Crippen molar-refractivity contribution >= 4 is 11.7 Å². The molecule has 1 amide bonds. The zero-order valence-electron chi connectivity index (χ0n) is 10.1. The molecule has 5 heteroatoms. The normalized spacial score (nSPS) is 10.3. The maximum atomic E-state index is 12.7. The predicted molar refractivity (Wildman–Crippen MR) is 66.6 cm³/mol. The molecule has 0 radical (unpaired) electrons. The predicted octanol–water partition coefficient (Wildman–Crippen LogP) is 2.22. The third kappa shape index (κ3) is 3.16. The highest BCUT2D eigenvalue weighted by Crippen LogP contribution is 2.06. The maximum Gasteiger partial charge on any atom is 0.229 e. The second-order valence-electron chi connectivity index (χ2n) is 3.91. The fraction of sp³-hybridized carbons (Fsp3) is 0.231. The number of carbonyl (C=O) groups is 1. The molecule has 2 rings (SSSR count). The van der Waals surface area contributed by atoms with Gasteiger partial charge in [-0.15, -0.1) is 0 Å². The SMILES string of the molecule is CCn1ccc(NC(=O)Cc2ccc(F)cc2)n1. The van der Waals surface area contributed by atoms with Gasteiger partial charge in [-0.25, -0.2) is 4.39 Å². The Hall–Kier alpha value is -2.17. The Morgan fingerprint density at radius 2 is 2.06 bits per heavy atom. The third-order valence-corrected chi connectivity index (χ3v) is 2.51. The molecule has 0 aliphatic carbocycles. The minimum absolute atomic E-state index is 0.164. The molecule has 1 N–H and O–H groups in total. The number of nitrogens with one attached hydrogen (secondary N) is 1. The number of hydrogen-bond acceptors (Lipinski definition) is 2. The second-order valence-corrected chi connectivity index (χ2v) is 3.91. The van der Waals surface area contributed by atoms with E-state index in [1.165, 1.54) is 12.1 Å². The minimum atomic E-state index is -0.305. The summed E-state index contributed by atoms with van der Waals surface area (Å²) in [5.74, 6) is 0.0627. The molecule has 2 aromatic rings. The summed E-state index contributed by atoms with van der Waals surface area (Å²) < 4.78 is 14.4. The Morgan fingerprint density at radius 3 is 2.67 bits per heavy atom. The first-order chi connectivity index (χ1) is 8.67. The van der Waals surface area contributed by atoms with Gasteiger partial charge in [0.1, 0.15) is 5.82 Å². The molecule has 0 unspecified atom stereocenters. The number of aryl methyl sites for hydroxylation is 1. The Balaban J connectivity index is 1.94. The van der Waals surface area contributed by atoms with Gasteiger partial charge < -0.3 is 5.32 Å². The molecular formula is C13H14FN3O.